The maximum atomic E-state index is 5.54. The molecule has 0 rings (SSSR count). The van der Waals surface area contributed by atoms with Crippen molar-refractivity contribution in [3.63, 3.8) is 0 Å². The summed E-state index contributed by atoms with van der Waals surface area (Å²) in [5, 5.41) is 3.60. The standard InChI is InChI=1S/C13H29NO/c1-6-9-12(15-5)11-13(4,10-7-2)14-8-3/h12,14H,6-11H2,1-5H3/t12?,13-/m1/s1. The van der Waals surface area contributed by atoms with E-state index in [0.717, 1.165) is 13.0 Å². The molecule has 0 aromatic rings. The summed E-state index contributed by atoms with van der Waals surface area (Å²) in [6.45, 7) is 10.0. The predicted octanol–water partition coefficient (Wildman–Crippen LogP) is 3.36. The van der Waals surface area contributed by atoms with Crippen molar-refractivity contribution < 1.29 is 4.74 Å². The number of nitrogens with one attached hydrogen (secondary N) is 1. The normalized spacial score (nSPS) is 17.4. The Kier molecular flexibility index (Phi) is 8.07. The van der Waals surface area contributed by atoms with Gasteiger partial charge in [-0.1, -0.05) is 33.6 Å². The third-order valence-electron chi connectivity index (χ3n) is 3.03. The third kappa shape index (κ3) is 6.16. The largest absolute Gasteiger partial charge is 0.381 e. The van der Waals surface area contributed by atoms with Crippen LogP contribution in [-0.4, -0.2) is 25.3 Å². The fourth-order valence-electron chi connectivity index (χ4n) is 2.37. The molecule has 0 saturated carbocycles. The zero-order valence-electron chi connectivity index (χ0n) is 11.2. The van der Waals surface area contributed by atoms with Gasteiger partial charge < -0.3 is 10.1 Å². The van der Waals surface area contributed by atoms with Crippen molar-refractivity contribution in [3.8, 4) is 0 Å². The Hall–Kier alpha value is -0.0800. The van der Waals surface area contributed by atoms with E-state index in [2.05, 4.69) is 33.0 Å². The molecule has 15 heavy (non-hydrogen) atoms. The van der Waals surface area contributed by atoms with Crippen molar-refractivity contribution in [2.75, 3.05) is 13.7 Å². The van der Waals surface area contributed by atoms with Gasteiger partial charge in [0, 0.05) is 12.6 Å². The molecule has 2 nitrogen and oxygen atoms in total. The number of hydrogen-bond donors (Lipinski definition) is 1. The molecule has 0 saturated heterocycles. The van der Waals surface area contributed by atoms with Crippen molar-refractivity contribution in [2.24, 2.45) is 0 Å². The van der Waals surface area contributed by atoms with Crippen molar-refractivity contribution in [1.82, 2.24) is 5.32 Å². The van der Waals surface area contributed by atoms with Crippen LogP contribution >= 0.6 is 0 Å². The average molecular weight is 215 g/mol. The second kappa shape index (κ2) is 8.12. The van der Waals surface area contributed by atoms with Gasteiger partial charge in [-0.2, -0.15) is 0 Å². The zero-order chi connectivity index (χ0) is 11.7. The first-order valence-corrected chi connectivity index (χ1v) is 6.39. The van der Waals surface area contributed by atoms with Crippen molar-refractivity contribution in [3.05, 3.63) is 0 Å². The summed E-state index contributed by atoms with van der Waals surface area (Å²) >= 11 is 0. The summed E-state index contributed by atoms with van der Waals surface area (Å²) in [6.07, 6.45) is 6.36. The van der Waals surface area contributed by atoms with Crippen molar-refractivity contribution in [2.45, 2.75) is 71.4 Å². The predicted molar refractivity (Wildman–Crippen MR) is 67.3 cm³/mol. The molecule has 0 spiro atoms. The van der Waals surface area contributed by atoms with E-state index in [1.807, 2.05) is 7.11 Å². The topological polar surface area (TPSA) is 21.3 Å². The Morgan fingerprint density at radius 3 is 2.27 bits per heavy atom. The lowest BCUT2D eigenvalue weighted by molar-refractivity contribution is 0.0598. The summed E-state index contributed by atoms with van der Waals surface area (Å²) in [5.41, 5.74) is 0.249. The van der Waals surface area contributed by atoms with Gasteiger partial charge >= 0.3 is 0 Å². The molecule has 0 aromatic heterocycles. The van der Waals surface area contributed by atoms with Crippen LogP contribution in [0, 0.1) is 0 Å². The molecule has 0 aromatic carbocycles. The van der Waals surface area contributed by atoms with Crippen molar-refractivity contribution in [1.29, 1.82) is 0 Å². The minimum Gasteiger partial charge on any atom is -0.381 e. The summed E-state index contributed by atoms with van der Waals surface area (Å²) in [5.74, 6) is 0. The molecule has 1 unspecified atom stereocenters. The van der Waals surface area contributed by atoms with E-state index >= 15 is 0 Å². The molecule has 92 valence electrons. The molecular weight excluding hydrogens is 186 g/mol. The molecule has 0 radical (unpaired) electrons. The number of ether oxygens (including phenoxy) is 1. The van der Waals surface area contributed by atoms with Crippen LogP contribution < -0.4 is 5.32 Å². The summed E-state index contributed by atoms with van der Waals surface area (Å²) in [4.78, 5) is 0. The van der Waals surface area contributed by atoms with E-state index in [4.69, 9.17) is 4.74 Å². The van der Waals surface area contributed by atoms with Crippen LogP contribution in [0.4, 0.5) is 0 Å². The molecule has 2 atom stereocenters. The molecule has 0 aliphatic rings. The van der Waals surface area contributed by atoms with Gasteiger partial charge in [-0.25, -0.2) is 0 Å². The van der Waals surface area contributed by atoms with Crippen LogP contribution in [0.2, 0.25) is 0 Å². The van der Waals surface area contributed by atoms with Gasteiger partial charge in [0.15, 0.2) is 0 Å². The van der Waals surface area contributed by atoms with E-state index < -0.39 is 0 Å². The molecule has 0 bridgehead atoms. The number of hydrogen-bond acceptors (Lipinski definition) is 2. The molecule has 2 heteroatoms. The smallest absolute Gasteiger partial charge is 0.0588 e. The van der Waals surface area contributed by atoms with Gasteiger partial charge in [0.25, 0.3) is 0 Å². The van der Waals surface area contributed by atoms with Gasteiger partial charge in [-0.3, -0.25) is 0 Å². The second-order valence-electron chi connectivity index (χ2n) is 4.69. The molecule has 0 amide bonds. The minimum absolute atomic E-state index is 0.249. The molecule has 0 heterocycles. The molecule has 1 N–H and O–H groups in total. The first kappa shape index (κ1) is 14.9. The Morgan fingerprint density at radius 1 is 1.20 bits per heavy atom. The van der Waals surface area contributed by atoms with E-state index in [1.54, 1.807) is 0 Å². The first-order chi connectivity index (χ1) is 7.11. The number of methoxy groups -OCH3 is 1. The van der Waals surface area contributed by atoms with Crippen LogP contribution in [-0.2, 0) is 4.74 Å². The second-order valence-corrected chi connectivity index (χ2v) is 4.69. The Balaban J connectivity index is 4.22. The monoisotopic (exact) mass is 215 g/mol. The minimum atomic E-state index is 0.249. The molecule has 0 fully saturated rings. The van der Waals surface area contributed by atoms with Crippen LogP contribution in [0.5, 0.6) is 0 Å². The first-order valence-electron chi connectivity index (χ1n) is 6.39. The third-order valence-corrected chi connectivity index (χ3v) is 3.03. The fourth-order valence-corrected chi connectivity index (χ4v) is 2.37. The highest BCUT2D eigenvalue weighted by Gasteiger charge is 2.25. The SMILES string of the molecule is CCCC(C[C@@](C)(CCC)NCC)OC. The fraction of sp³-hybridized carbons (Fsp3) is 1.00. The average Bonchev–Trinajstić information content (AvgIpc) is 2.17. The summed E-state index contributed by atoms with van der Waals surface area (Å²) < 4.78 is 5.54. The van der Waals surface area contributed by atoms with Crippen molar-refractivity contribution >= 4 is 0 Å². The summed E-state index contributed by atoms with van der Waals surface area (Å²) in [7, 11) is 1.83. The van der Waals surface area contributed by atoms with Gasteiger partial charge in [0.05, 0.1) is 6.10 Å². The quantitative estimate of drug-likeness (QED) is 0.637. The van der Waals surface area contributed by atoms with Gasteiger partial charge in [-0.05, 0) is 32.7 Å². The van der Waals surface area contributed by atoms with Crippen LogP contribution in [0.3, 0.4) is 0 Å². The van der Waals surface area contributed by atoms with E-state index in [0.29, 0.717) is 6.10 Å². The van der Waals surface area contributed by atoms with E-state index in [-0.39, 0.29) is 5.54 Å². The highest BCUT2D eigenvalue weighted by atomic mass is 16.5. The maximum absolute atomic E-state index is 5.54. The highest BCUT2D eigenvalue weighted by molar-refractivity contribution is 4.85. The van der Waals surface area contributed by atoms with Gasteiger partial charge in [0.2, 0.25) is 0 Å². The lowest BCUT2D eigenvalue weighted by atomic mass is 9.88. The lowest BCUT2D eigenvalue weighted by Gasteiger charge is -2.33. The number of rotatable bonds is 9. The Bertz CT molecular complexity index is 141. The van der Waals surface area contributed by atoms with E-state index in [9.17, 15) is 0 Å². The van der Waals surface area contributed by atoms with Gasteiger partial charge in [-0.15, -0.1) is 0 Å². The van der Waals surface area contributed by atoms with Crippen LogP contribution in [0.1, 0.15) is 59.8 Å². The maximum Gasteiger partial charge on any atom is 0.0588 e. The Labute approximate surface area is 95.8 Å². The molecule has 0 aliphatic carbocycles. The Morgan fingerprint density at radius 2 is 1.87 bits per heavy atom. The van der Waals surface area contributed by atoms with Crippen LogP contribution in [0.25, 0.3) is 0 Å². The summed E-state index contributed by atoms with van der Waals surface area (Å²) in [6, 6.07) is 0. The molecular formula is C13H29NO. The van der Waals surface area contributed by atoms with Gasteiger partial charge in [0.1, 0.15) is 0 Å². The lowest BCUT2D eigenvalue weighted by Crippen LogP contribution is -2.45. The van der Waals surface area contributed by atoms with E-state index in [1.165, 1.54) is 25.7 Å². The highest BCUT2D eigenvalue weighted by Crippen LogP contribution is 2.22. The van der Waals surface area contributed by atoms with Crippen LogP contribution in [0.15, 0.2) is 0 Å². The molecule has 0 aliphatic heterocycles. The zero-order valence-corrected chi connectivity index (χ0v) is 11.2.